The first kappa shape index (κ1) is 52.9. The number of oxazole rings is 6. The molecular formula is C42H58N22O9. The molecule has 0 aliphatic carbocycles. The van der Waals surface area contributed by atoms with Crippen LogP contribution in [-0.4, -0.2) is 105 Å². The second-order valence-corrected chi connectivity index (χ2v) is 15.9. The van der Waals surface area contributed by atoms with Crippen molar-refractivity contribution >= 4 is 41.7 Å². The van der Waals surface area contributed by atoms with Crippen molar-refractivity contribution in [3.05, 3.63) is 58.7 Å². The lowest BCUT2D eigenvalue weighted by molar-refractivity contribution is 0.0593. The number of nitrogens with two attached hydrogens (primary N) is 10. The van der Waals surface area contributed by atoms with Crippen LogP contribution >= 0.6 is 0 Å². The Morgan fingerprint density at radius 2 is 1.01 bits per heavy atom. The Labute approximate surface area is 414 Å². The highest BCUT2D eigenvalue weighted by Crippen LogP contribution is 2.35. The summed E-state index contributed by atoms with van der Waals surface area (Å²) < 4.78 is 40.7. The third-order valence-corrected chi connectivity index (χ3v) is 10.3. The number of rotatable bonds is 26. The molecule has 73 heavy (non-hydrogen) atoms. The van der Waals surface area contributed by atoms with Gasteiger partial charge in [-0.15, -0.1) is 0 Å². The van der Waals surface area contributed by atoms with E-state index in [4.69, 9.17) is 93.6 Å². The van der Waals surface area contributed by atoms with Crippen LogP contribution < -0.4 is 62.7 Å². The number of carbonyl (C=O) groups excluding carboxylic acids is 2. The number of aryl methyl sites for hydroxylation is 2. The molecule has 1 amide bonds. The van der Waals surface area contributed by atoms with E-state index in [0.29, 0.717) is 57.4 Å². The van der Waals surface area contributed by atoms with Crippen molar-refractivity contribution in [1.82, 2.24) is 35.2 Å². The minimum absolute atomic E-state index is 0.00299. The van der Waals surface area contributed by atoms with Crippen LogP contribution in [0.1, 0.15) is 106 Å². The number of hydrogen-bond acceptors (Lipinski definition) is 20. The largest absolute Gasteiger partial charge is 0.464 e. The van der Waals surface area contributed by atoms with Gasteiger partial charge >= 0.3 is 5.97 Å². The number of aromatic nitrogens is 6. The van der Waals surface area contributed by atoms with E-state index in [1.807, 2.05) is 0 Å². The summed E-state index contributed by atoms with van der Waals surface area (Å²) in [6.07, 6.45) is 5.62. The number of hydrogen-bond donors (Lipinski definition) is 11. The normalized spacial score (nSPS) is 11.9. The van der Waals surface area contributed by atoms with Gasteiger partial charge in [-0.2, -0.15) is 0 Å². The summed E-state index contributed by atoms with van der Waals surface area (Å²) in [6.45, 7) is 4.25. The first-order chi connectivity index (χ1) is 34.9. The van der Waals surface area contributed by atoms with Gasteiger partial charge in [-0.25, -0.2) is 39.7 Å². The number of carbonyl (C=O) groups is 2. The second-order valence-electron chi connectivity index (χ2n) is 15.9. The molecule has 0 saturated carbocycles. The van der Waals surface area contributed by atoms with Crippen molar-refractivity contribution < 1.29 is 40.8 Å². The number of nitrogens with zero attached hydrogens (tertiary/aromatic N) is 11. The zero-order chi connectivity index (χ0) is 52.8. The number of esters is 1. The average Bonchev–Trinajstić information content (AvgIpc) is 4.20. The number of aliphatic imine (C=N–C) groups is 5. The molecule has 2 atom stereocenters. The SMILES string of the molecule is COC(=O)c1coc(-c2nc(-c3nc([C@H](CCCCN=C(N)N)NC(=O)c4coc(-c5nc(-c6nc([C@H](CCCCN=C(N)N)N=C(N)N)oc6C)oc5CCN=C(N)N)n4)oc3C)oc2CCN=C(N)N)n1. The number of guanidine groups is 5. The maximum Gasteiger partial charge on any atom is 0.360 e. The summed E-state index contributed by atoms with van der Waals surface area (Å²) in [5.74, 6) is -0.583. The summed E-state index contributed by atoms with van der Waals surface area (Å²) >= 11 is 0. The van der Waals surface area contributed by atoms with E-state index in [9.17, 15) is 9.59 Å². The monoisotopic (exact) mass is 1010 g/mol. The van der Waals surface area contributed by atoms with Crippen LogP contribution in [0.3, 0.4) is 0 Å². The van der Waals surface area contributed by atoms with E-state index in [1.54, 1.807) is 13.8 Å². The van der Waals surface area contributed by atoms with Gasteiger partial charge < -0.3 is 93.9 Å². The average molecular weight is 1020 g/mol. The molecule has 31 heteroatoms. The lowest BCUT2D eigenvalue weighted by atomic mass is 10.1. The maximum absolute atomic E-state index is 14.1. The van der Waals surface area contributed by atoms with E-state index in [-0.39, 0.29) is 143 Å². The lowest BCUT2D eigenvalue weighted by Crippen LogP contribution is -2.29. The third-order valence-electron chi connectivity index (χ3n) is 10.3. The highest BCUT2D eigenvalue weighted by Gasteiger charge is 2.31. The summed E-state index contributed by atoms with van der Waals surface area (Å²) in [4.78, 5) is 74.1. The van der Waals surface area contributed by atoms with Crippen molar-refractivity contribution in [2.45, 2.75) is 77.3 Å². The van der Waals surface area contributed by atoms with Gasteiger partial charge in [-0.1, -0.05) is 0 Å². The Morgan fingerprint density at radius 1 is 0.548 bits per heavy atom. The number of ether oxygens (including phenoxy) is 1. The molecule has 6 rings (SSSR count). The van der Waals surface area contributed by atoms with E-state index >= 15 is 0 Å². The van der Waals surface area contributed by atoms with Crippen LogP contribution in [0.4, 0.5) is 0 Å². The molecule has 0 unspecified atom stereocenters. The molecule has 31 nitrogen and oxygen atoms in total. The van der Waals surface area contributed by atoms with Crippen LogP contribution in [0.5, 0.6) is 0 Å². The maximum atomic E-state index is 14.1. The van der Waals surface area contributed by atoms with E-state index in [1.165, 1.54) is 7.11 Å². The van der Waals surface area contributed by atoms with Crippen molar-refractivity contribution in [3.63, 3.8) is 0 Å². The van der Waals surface area contributed by atoms with Crippen molar-refractivity contribution in [1.29, 1.82) is 0 Å². The third kappa shape index (κ3) is 14.3. The van der Waals surface area contributed by atoms with Crippen molar-refractivity contribution in [2.24, 2.45) is 82.3 Å². The number of unbranched alkanes of at least 4 members (excludes halogenated alkanes) is 2. The van der Waals surface area contributed by atoms with Gasteiger partial charge in [0, 0.05) is 39.0 Å². The van der Waals surface area contributed by atoms with Crippen molar-refractivity contribution in [3.8, 4) is 46.3 Å². The van der Waals surface area contributed by atoms with Gasteiger partial charge in [-0.05, 0) is 52.4 Å². The zero-order valence-corrected chi connectivity index (χ0v) is 40.2. The Balaban J connectivity index is 1.29. The predicted molar refractivity (Wildman–Crippen MR) is 262 cm³/mol. The Kier molecular flexibility index (Phi) is 17.7. The summed E-state index contributed by atoms with van der Waals surface area (Å²) in [5, 5.41) is 2.94. The predicted octanol–water partition coefficient (Wildman–Crippen LogP) is -0.00916. The fourth-order valence-electron chi connectivity index (χ4n) is 6.98. The molecule has 6 aromatic heterocycles. The smallest absolute Gasteiger partial charge is 0.360 e. The molecule has 390 valence electrons. The zero-order valence-electron chi connectivity index (χ0n) is 40.2. The Hall–Kier alpha value is -9.45. The second kappa shape index (κ2) is 24.4. The van der Waals surface area contributed by atoms with Gasteiger partial charge in [0.2, 0.25) is 35.3 Å². The van der Waals surface area contributed by atoms with Crippen LogP contribution in [0, 0.1) is 13.8 Å². The van der Waals surface area contributed by atoms with Gasteiger partial charge in [0.25, 0.3) is 5.91 Å². The van der Waals surface area contributed by atoms with Gasteiger partial charge in [-0.3, -0.25) is 24.8 Å². The quantitative estimate of drug-likeness (QED) is 0.0147. The molecule has 21 N–H and O–H groups in total. The summed E-state index contributed by atoms with van der Waals surface area (Å²) in [5.41, 5.74) is 56.3. The van der Waals surface area contributed by atoms with Crippen LogP contribution in [0.25, 0.3) is 46.3 Å². The first-order valence-electron chi connectivity index (χ1n) is 22.5. The fourth-order valence-corrected chi connectivity index (χ4v) is 6.98. The molecule has 0 bridgehead atoms. The van der Waals surface area contributed by atoms with Crippen LogP contribution in [0.15, 0.2) is 64.0 Å². The summed E-state index contributed by atoms with van der Waals surface area (Å²) in [7, 11) is 1.21. The first-order valence-corrected chi connectivity index (χ1v) is 22.5. The summed E-state index contributed by atoms with van der Waals surface area (Å²) in [6, 6.07) is -1.51. The Morgan fingerprint density at radius 3 is 1.52 bits per heavy atom. The van der Waals surface area contributed by atoms with Crippen LogP contribution in [0.2, 0.25) is 0 Å². The van der Waals surface area contributed by atoms with Gasteiger partial charge in [0.05, 0.1) is 7.11 Å². The fraction of sp³-hybridized carbons (Fsp3) is 0.405. The van der Waals surface area contributed by atoms with E-state index in [2.05, 4.69) is 55.2 Å². The van der Waals surface area contributed by atoms with E-state index < -0.39 is 24.0 Å². The van der Waals surface area contributed by atoms with E-state index in [0.717, 1.165) is 12.5 Å². The standard InChI is InChI=1S/C42H58N22O9/c1-18-26(35-64-29(25(73-35)11-15-56-41(49)50)34-59-23(17-69-34)37(66)67-3)61-31(70-18)20(8-4-6-12-53-38(43)44)57-30(65)22-16-68-33(58-22)28-24(10-14-55-40(47)48)72-36(63-28)27-19(2)71-32(62-27)21(60-42(51)52)9-5-7-13-54-39(45)46/h16-17,20-21H,4-15H2,1-3H3,(H,57,65)(H4,43,44,53)(H4,45,46,54)(H4,47,48,55)(H4,49,50,56)(H4,51,52,60)/t20-,21-/m0/s1. The Bertz CT molecular complexity index is 2980. The van der Waals surface area contributed by atoms with Crippen molar-refractivity contribution in [2.75, 3.05) is 33.3 Å². The molecular weight excluding hydrogens is 957 g/mol. The molecule has 0 fully saturated rings. The minimum atomic E-state index is -0.858. The number of methoxy groups -OCH3 is 1. The highest BCUT2D eigenvalue weighted by molar-refractivity contribution is 5.92. The molecule has 0 aliphatic heterocycles. The molecule has 6 heterocycles. The minimum Gasteiger partial charge on any atom is -0.464 e. The van der Waals surface area contributed by atoms with Gasteiger partial charge in [0.1, 0.15) is 47.7 Å². The molecule has 0 spiro atoms. The number of nitrogens with one attached hydrogen (secondary N) is 1. The molecule has 0 radical (unpaired) electrons. The number of amides is 1. The molecule has 0 saturated heterocycles. The topological polar surface area (TPSA) is 534 Å². The molecule has 0 aliphatic rings. The van der Waals surface area contributed by atoms with Crippen LogP contribution in [-0.2, 0) is 17.6 Å². The van der Waals surface area contributed by atoms with Gasteiger partial charge in [0.15, 0.2) is 64.0 Å². The highest BCUT2D eigenvalue weighted by atomic mass is 16.5. The molecule has 6 aromatic rings. The molecule has 0 aromatic carbocycles. The lowest BCUT2D eigenvalue weighted by Gasteiger charge is -2.14.